The molecule has 0 radical (unpaired) electrons. The van der Waals surface area contributed by atoms with E-state index >= 15 is 0 Å². The second-order valence-corrected chi connectivity index (χ2v) is 5.85. The molecule has 2 aromatic rings. The zero-order chi connectivity index (χ0) is 17.3. The van der Waals surface area contributed by atoms with E-state index in [4.69, 9.17) is 5.11 Å². The molecule has 0 aliphatic carbocycles. The smallest absolute Gasteiger partial charge is 0.343 e. The van der Waals surface area contributed by atoms with E-state index in [9.17, 15) is 14.0 Å². The highest BCUT2D eigenvalue weighted by Crippen LogP contribution is 2.26. The number of hydrogen-bond donors (Lipinski definition) is 1. The molecule has 0 saturated carbocycles. The van der Waals surface area contributed by atoms with E-state index in [-0.39, 0.29) is 19.5 Å². The lowest BCUT2D eigenvalue weighted by molar-refractivity contribution is -0.150. The first kappa shape index (κ1) is 16.0. The van der Waals surface area contributed by atoms with Gasteiger partial charge in [0.15, 0.2) is 0 Å². The summed E-state index contributed by atoms with van der Waals surface area (Å²) in [6.07, 6.45) is -0.215. The Labute approximate surface area is 136 Å². The molecule has 0 bridgehead atoms. The topological polar surface area (TPSA) is 101 Å². The molecule has 1 N–H and O–H groups in total. The van der Waals surface area contributed by atoms with Gasteiger partial charge >= 0.3 is 5.97 Å². The van der Waals surface area contributed by atoms with Gasteiger partial charge in [0.25, 0.3) is 0 Å². The minimum absolute atomic E-state index is 0.0567. The highest BCUT2D eigenvalue weighted by Gasteiger charge is 2.46. The number of rotatable bonds is 4. The largest absolute Gasteiger partial charge is 0.479 e. The lowest BCUT2D eigenvalue weighted by atomic mass is 10.1. The van der Waals surface area contributed by atoms with E-state index in [0.29, 0.717) is 5.82 Å². The van der Waals surface area contributed by atoms with Gasteiger partial charge < -0.3 is 10.0 Å². The van der Waals surface area contributed by atoms with Crippen molar-refractivity contribution in [3.05, 3.63) is 29.8 Å². The predicted molar refractivity (Wildman–Crippen MR) is 80.7 cm³/mol. The van der Waals surface area contributed by atoms with E-state index in [1.807, 2.05) is 31.2 Å². The Balaban J connectivity index is 1.66. The van der Waals surface area contributed by atoms with Gasteiger partial charge in [0.2, 0.25) is 17.4 Å². The first-order valence-electron chi connectivity index (χ1n) is 7.42. The molecule has 1 unspecified atom stereocenters. The third-order valence-electron chi connectivity index (χ3n) is 3.99. The molecular weight excluding hydrogens is 317 g/mol. The van der Waals surface area contributed by atoms with E-state index in [1.165, 1.54) is 4.90 Å². The van der Waals surface area contributed by atoms with Crippen molar-refractivity contribution in [1.29, 1.82) is 0 Å². The third-order valence-corrected chi connectivity index (χ3v) is 3.99. The van der Waals surface area contributed by atoms with Gasteiger partial charge in [0, 0.05) is 18.5 Å². The molecule has 9 heteroatoms. The Morgan fingerprint density at radius 3 is 2.67 bits per heavy atom. The second kappa shape index (κ2) is 5.99. The SMILES string of the molecule is Cc1ccc(-c2nnn(CC(=O)N3CCC(F)(C(=O)O)C3)n2)cc1. The van der Waals surface area contributed by atoms with Crippen molar-refractivity contribution >= 4 is 11.9 Å². The van der Waals surface area contributed by atoms with Crippen molar-refractivity contribution in [3.63, 3.8) is 0 Å². The monoisotopic (exact) mass is 333 g/mol. The van der Waals surface area contributed by atoms with E-state index in [2.05, 4.69) is 15.4 Å². The zero-order valence-corrected chi connectivity index (χ0v) is 13.0. The van der Waals surface area contributed by atoms with E-state index in [0.717, 1.165) is 15.9 Å². The second-order valence-electron chi connectivity index (χ2n) is 5.85. The number of carboxylic acid groups (broad SMARTS) is 1. The van der Waals surface area contributed by atoms with Gasteiger partial charge in [-0.2, -0.15) is 4.80 Å². The van der Waals surface area contributed by atoms with Crippen LogP contribution in [-0.4, -0.2) is 60.8 Å². The molecule has 1 atom stereocenters. The third kappa shape index (κ3) is 3.10. The number of tetrazole rings is 1. The first-order valence-corrected chi connectivity index (χ1v) is 7.42. The number of alkyl halides is 1. The van der Waals surface area contributed by atoms with Crippen molar-refractivity contribution in [2.75, 3.05) is 13.1 Å². The summed E-state index contributed by atoms with van der Waals surface area (Å²) in [5, 5.41) is 20.7. The number of hydrogen-bond acceptors (Lipinski definition) is 5. The summed E-state index contributed by atoms with van der Waals surface area (Å²) in [7, 11) is 0. The minimum atomic E-state index is -2.38. The predicted octanol–water partition coefficient (Wildman–Crippen LogP) is 0.674. The van der Waals surface area contributed by atoms with E-state index < -0.39 is 24.1 Å². The molecule has 0 spiro atoms. The van der Waals surface area contributed by atoms with Gasteiger partial charge in [0.05, 0.1) is 6.54 Å². The minimum Gasteiger partial charge on any atom is -0.479 e. The maximum absolute atomic E-state index is 14.0. The zero-order valence-electron chi connectivity index (χ0n) is 13.0. The number of aryl methyl sites for hydroxylation is 1. The van der Waals surface area contributed by atoms with Crippen LogP contribution in [0.3, 0.4) is 0 Å². The molecule has 1 aromatic heterocycles. The summed E-state index contributed by atoms with van der Waals surface area (Å²) >= 11 is 0. The summed E-state index contributed by atoms with van der Waals surface area (Å²) in [4.78, 5) is 25.3. The fourth-order valence-electron chi connectivity index (χ4n) is 2.51. The van der Waals surface area contributed by atoms with Crippen LogP contribution in [0.4, 0.5) is 4.39 Å². The molecular formula is C15H16FN5O3. The Hall–Kier alpha value is -2.84. The van der Waals surface area contributed by atoms with Gasteiger partial charge in [-0.15, -0.1) is 10.2 Å². The van der Waals surface area contributed by atoms with Crippen LogP contribution in [0.2, 0.25) is 0 Å². The number of carbonyl (C=O) groups is 2. The highest BCUT2D eigenvalue weighted by atomic mass is 19.1. The van der Waals surface area contributed by atoms with Crippen molar-refractivity contribution < 1.29 is 19.1 Å². The van der Waals surface area contributed by atoms with Gasteiger partial charge in [0.1, 0.15) is 6.54 Å². The number of benzene rings is 1. The first-order chi connectivity index (χ1) is 11.4. The molecule has 3 rings (SSSR count). The molecule has 24 heavy (non-hydrogen) atoms. The lowest BCUT2D eigenvalue weighted by Crippen LogP contribution is -2.40. The molecule has 1 fully saturated rings. The number of halogens is 1. The summed E-state index contributed by atoms with van der Waals surface area (Å²) < 4.78 is 14.0. The molecule has 1 aliphatic heterocycles. The maximum atomic E-state index is 14.0. The van der Waals surface area contributed by atoms with Gasteiger partial charge in [-0.05, 0) is 12.1 Å². The molecule has 1 saturated heterocycles. The molecule has 126 valence electrons. The number of carbonyl (C=O) groups excluding carboxylic acids is 1. The lowest BCUT2D eigenvalue weighted by Gasteiger charge is -2.17. The number of aliphatic carboxylic acids is 1. The number of carboxylic acids is 1. The van der Waals surface area contributed by atoms with Crippen molar-refractivity contribution in [3.8, 4) is 11.4 Å². The fourth-order valence-corrected chi connectivity index (χ4v) is 2.51. The molecule has 1 aliphatic rings. The van der Waals surface area contributed by atoms with Crippen molar-refractivity contribution in [2.45, 2.75) is 25.6 Å². The highest BCUT2D eigenvalue weighted by molar-refractivity contribution is 5.82. The Bertz CT molecular complexity index is 776. The van der Waals surface area contributed by atoms with Crippen LogP contribution >= 0.6 is 0 Å². The van der Waals surface area contributed by atoms with Crippen LogP contribution in [0.5, 0.6) is 0 Å². The molecule has 2 heterocycles. The standard InChI is InChI=1S/C15H16FN5O3/c1-10-2-4-11(5-3-10)13-17-19-21(18-13)8-12(22)20-7-6-15(16,9-20)14(23)24/h2-5H,6-9H2,1H3,(H,23,24). The Morgan fingerprint density at radius 2 is 2.04 bits per heavy atom. The molecule has 8 nitrogen and oxygen atoms in total. The van der Waals surface area contributed by atoms with Crippen LogP contribution < -0.4 is 0 Å². The van der Waals surface area contributed by atoms with Gasteiger partial charge in [-0.25, -0.2) is 9.18 Å². The normalized spacial score (nSPS) is 20.3. The van der Waals surface area contributed by atoms with Crippen LogP contribution in [0, 0.1) is 6.92 Å². The quantitative estimate of drug-likeness (QED) is 0.883. The van der Waals surface area contributed by atoms with E-state index in [1.54, 1.807) is 0 Å². The number of amides is 1. The van der Waals surface area contributed by atoms with Crippen LogP contribution in [0.1, 0.15) is 12.0 Å². The fraction of sp³-hybridized carbons (Fsp3) is 0.400. The summed E-state index contributed by atoms with van der Waals surface area (Å²) in [6, 6.07) is 7.53. The Morgan fingerprint density at radius 1 is 1.33 bits per heavy atom. The number of aromatic nitrogens is 4. The van der Waals surface area contributed by atoms with Crippen LogP contribution in [-0.2, 0) is 16.1 Å². The summed E-state index contributed by atoms with van der Waals surface area (Å²) in [5.74, 6) is -1.60. The van der Waals surface area contributed by atoms with Gasteiger partial charge in [-0.3, -0.25) is 4.79 Å². The van der Waals surface area contributed by atoms with Crippen molar-refractivity contribution in [2.24, 2.45) is 0 Å². The summed E-state index contributed by atoms with van der Waals surface area (Å²) in [6.45, 7) is 1.35. The Kier molecular flexibility index (Phi) is 4.00. The van der Waals surface area contributed by atoms with Gasteiger partial charge in [-0.1, -0.05) is 29.8 Å². The van der Waals surface area contributed by atoms with Crippen LogP contribution in [0.25, 0.3) is 11.4 Å². The number of nitrogens with zero attached hydrogens (tertiary/aromatic N) is 5. The molecule has 1 aromatic carbocycles. The summed E-state index contributed by atoms with van der Waals surface area (Å²) in [5.41, 5.74) is -0.504. The number of likely N-dealkylation sites (tertiary alicyclic amines) is 1. The van der Waals surface area contributed by atoms with Crippen molar-refractivity contribution in [1.82, 2.24) is 25.1 Å². The average Bonchev–Trinajstić information content (AvgIpc) is 3.16. The molecule has 1 amide bonds. The average molecular weight is 333 g/mol. The maximum Gasteiger partial charge on any atom is 0.343 e. The van der Waals surface area contributed by atoms with Crippen LogP contribution in [0.15, 0.2) is 24.3 Å².